The van der Waals surface area contributed by atoms with Gasteiger partial charge in [0.1, 0.15) is 11.5 Å². The topological polar surface area (TPSA) is 54.0 Å². The first kappa shape index (κ1) is 20.4. The highest BCUT2D eigenvalue weighted by molar-refractivity contribution is 6.08. The van der Waals surface area contributed by atoms with E-state index < -0.39 is 0 Å². The van der Waals surface area contributed by atoms with E-state index in [9.17, 15) is 4.79 Å². The fraction of sp³-hybridized carbons (Fsp3) is 0.318. The van der Waals surface area contributed by atoms with Gasteiger partial charge in [0, 0.05) is 6.07 Å². The Labute approximate surface area is 160 Å². The van der Waals surface area contributed by atoms with Crippen molar-refractivity contribution < 1.29 is 23.7 Å². The molecule has 0 aromatic heterocycles. The zero-order chi connectivity index (χ0) is 19.6. The van der Waals surface area contributed by atoms with Crippen molar-refractivity contribution in [3.8, 4) is 23.0 Å². The second-order valence-electron chi connectivity index (χ2n) is 5.88. The van der Waals surface area contributed by atoms with E-state index in [0.29, 0.717) is 35.2 Å². The lowest BCUT2D eigenvalue weighted by molar-refractivity contribution is 0.104. The Morgan fingerprint density at radius 2 is 1.70 bits per heavy atom. The number of benzene rings is 2. The molecule has 0 heterocycles. The van der Waals surface area contributed by atoms with Gasteiger partial charge in [-0.05, 0) is 42.3 Å². The van der Waals surface area contributed by atoms with Crippen molar-refractivity contribution >= 4 is 11.9 Å². The molecule has 2 aromatic rings. The third-order valence-electron chi connectivity index (χ3n) is 4.04. The van der Waals surface area contributed by atoms with Gasteiger partial charge in [-0.25, -0.2) is 0 Å². The summed E-state index contributed by atoms with van der Waals surface area (Å²) in [6.45, 7) is 2.74. The number of allylic oxidation sites excluding steroid dienone is 1. The van der Waals surface area contributed by atoms with E-state index in [1.54, 1.807) is 38.5 Å². The van der Waals surface area contributed by atoms with E-state index in [1.807, 2.05) is 18.2 Å². The summed E-state index contributed by atoms with van der Waals surface area (Å²) >= 11 is 0. The number of methoxy groups -OCH3 is 3. The molecule has 5 nitrogen and oxygen atoms in total. The molecular formula is C22H26O5. The van der Waals surface area contributed by atoms with Crippen LogP contribution in [0, 0.1) is 0 Å². The molecule has 0 atom stereocenters. The summed E-state index contributed by atoms with van der Waals surface area (Å²) in [5.41, 5.74) is 1.32. The standard InChI is InChI=1S/C22H26O5/c1-5-6-13-27-22-14-16(8-12-20(22)25-3)7-11-19(23)18-10-9-17(24-2)15-21(18)26-4/h7-12,14-15H,5-6,13H2,1-4H3/b11-7+. The van der Waals surface area contributed by atoms with E-state index in [1.165, 1.54) is 13.2 Å². The van der Waals surface area contributed by atoms with Gasteiger partial charge in [-0.3, -0.25) is 4.79 Å². The van der Waals surface area contributed by atoms with Crippen molar-refractivity contribution in [3.05, 3.63) is 53.6 Å². The van der Waals surface area contributed by atoms with Crippen LogP contribution in [0.25, 0.3) is 6.08 Å². The third-order valence-corrected chi connectivity index (χ3v) is 4.04. The van der Waals surface area contributed by atoms with Crippen LogP contribution in [0.3, 0.4) is 0 Å². The van der Waals surface area contributed by atoms with Crippen LogP contribution in [0.5, 0.6) is 23.0 Å². The lowest BCUT2D eigenvalue weighted by Crippen LogP contribution is -2.00. The zero-order valence-corrected chi connectivity index (χ0v) is 16.3. The number of ketones is 1. The summed E-state index contributed by atoms with van der Waals surface area (Å²) < 4.78 is 21.6. The second kappa shape index (κ2) is 10.3. The van der Waals surface area contributed by atoms with E-state index >= 15 is 0 Å². The average molecular weight is 370 g/mol. The number of hydrogen-bond acceptors (Lipinski definition) is 5. The van der Waals surface area contributed by atoms with Crippen molar-refractivity contribution in [2.75, 3.05) is 27.9 Å². The molecule has 0 fully saturated rings. The Kier molecular flexibility index (Phi) is 7.74. The number of unbranched alkanes of at least 4 members (excludes halogenated alkanes) is 1. The quantitative estimate of drug-likeness (QED) is 0.342. The van der Waals surface area contributed by atoms with Gasteiger partial charge in [0.25, 0.3) is 0 Å². The van der Waals surface area contributed by atoms with Crippen LogP contribution in [0.1, 0.15) is 35.7 Å². The highest BCUT2D eigenvalue weighted by Crippen LogP contribution is 2.29. The minimum Gasteiger partial charge on any atom is -0.497 e. The molecule has 0 aliphatic rings. The first-order valence-electron chi connectivity index (χ1n) is 8.88. The predicted octanol–water partition coefficient (Wildman–Crippen LogP) is 4.79. The molecule has 0 amide bonds. The molecule has 0 spiro atoms. The molecular weight excluding hydrogens is 344 g/mol. The average Bonchev–Trinajstić information content (AvgIpc) is 2.71. The molecule has 0 N–H and O–H groups in total. The summed E-state index contributed by atoms with van der Waals surface area (Å²) in [4.78, 5) is 12.6. The van der Waals surface area contributed by atoms with Crippen molar-refractivity contribution in [2.45, 2.75) is 19.8 Å². The van der Waals surface area contributed by atoms with Crippen LogP contribution in [-0.2, 0) is 0 Å². The van der Waals surface area contributed by atoms with Crippen molar-refractivity contribution in [1.29, 1.82) is 0 Å². The largest absolute Gasteiger partial charge is 0.497 e. The summed E-state index contributed by atoms with van der Waals surface area (Å²) in [6, 6.07) is 10.7. The fourth-order valence-electron chi connectivity index (χ4n) is 2.50. The first-order valence-corrected chi connectivity index (χ1v) is 8.88. The Bertz CT molecular complexity index is 795. The molecule has 0 aliphatic carbocycles. The summed E-state index contributed by atoms with van der Waals surface area (Å²) in [7, 11) is 4.70. The Hall–Kier alpha value is -2.95. The van der Waals surface area contributed by atoms with Gasteiger partial charge in [0.15, 0.2) is 17.3 Å². The van der Waals surface area contributed by atoms with Crippen LogP contribution in [0.2, 0.25) is 0 Å². The SMILES string of the molecule is CCCCOc1cc(/C=C/C(=O)c2ccc(OC)cc2OC)ccc1OC. The normalized spacial score (nSPS) is 10.7. The summed E-state index contributed by atoms with van der Waals surface area (Å²) in [5.74, 6) is 2.30. The zero-order valence-electron chi connectivity index (χ0n) is 16.3. The molecule has 0 saturated carbocycles. The first-order chi connectivity index (χ1) is 13.1. The van der Waals surface area contributed by atoms with Crippen molar-refractivity contribution in [2.24, 2.45) is 0 Å². The molecule has 0 radical (unpaired) electrons. The lowest BCUT2D eigenvalue weighted by atomic mass is 10.1. The van der Waals surface area contributed by atoms with Gasteiger partial charge >= 0.3 is 0 Å². The second-order valence-corrected chi connectivity index (χ2v) is 5.88. The summed E-state index contributed by atoms with van der Waals surface area (Å²) in [5, 5.41) is 0. The van der Waals surface area contributed by atoms with Crippen LogP contribution < -0.4 is 18.9 Å². The molecule has 2 rings (SSSR count). The lowest BCUT2D eigenvalue weighted by Gasteiger charge is -2.11. The molecule has 0 unspecified atom stereocenters. The van der Waals surface area contributed by atoms with Gasteiger partial charge in [-0.1, -0.05) is 25.5 Å². The van der Waals surface area contributed by atoms with E-state index in [0.717, 1.165) is 18.4 Å². The maximum absolute atomic E-state index is 12.6. The maximum Gasteiger partial charge on any atom is 0.189 e. The highest BCUT2D eigenvalue weighted by Gasteiger charge is 2.11. The van der Waals surface area contributed by atoms with E-state index in [-0.39, 0.29) is 5.78 Å². The van der Waals surface area contributed by atoms with Gasteiger partial charge < -0.3 is 18.9 Å². The minimum atomic E-state index is -0.154. The predicted molar refractivity (Wildman–Crippen MR) is 106 cm³/mol. The van der Waals surface area contributed by atoms with Crippen molar-refractivity contribution in [3.63, 3.8) is 0 Å². The molecule has 0 saturated heterocycles. The number of carbonyl (C=O) groups is 1. The van der Waals surface area contributed by atoms with E-state index in [4.69, 9.17) is 18.9 Å². The Morgan fingerprint density at radius 3 is 2.37 bits per heavy atom. The van der Waals surface area contributed by atoms with Gasteiger partial charge in [-0.2, -0.15) is 0 Å². The molecule has 27 heavy (non-hydrogen) atoms. The van der Waals surface area contributed by atoms with Crippen LogP contribution >= 0.6 is 0 Å². The van der Waals surface area contributed by atoms with Crippen molar-refractivity contribution in [1.82, 2.24) is 0 Å². The smallest absolute Gasteiger partial charge is 0.189 e. The Balaban J connectivity index is 2.19. The summed E-state index contributed by atoms with van der Waals surface area (Å²) in [6.07, 6.45) is 5.29. The number of hydrogen-bond donors (Lipinski definition) is 0. The fourth-order valence-corrected chi connectivity index (χ4v) is 2.50. The van der Waals surface area contributed by atoms with Crippen LogP contribution in [0.15, 0.2) is 42.5 Å². The molecule has 0 aliphatic heterocycles. The van der Waals surface area contributed by atoms with Gasteiger partial charge in [0.05, 0.1) is 33.5 Å². The molecule has 144 valence electrons. The monoisotopic (exact) mass is 370 g/mol. The van der Waals surface area contributed by atoms with E-state index in [2.05, 4.69) is 6.92 Å². The molecule has 0 bridgehead atoms. The number of carbonyl (C=O) groups excluding carboxylic acids is 1. The van der Waals surface area contributed by atoms with Gasteiger partial charge in [-0.15, -0.1) is 0 Å². The van der Waals surface area contributed by atoms with Crippen LogP contribution in [0.4, 0.5) is 0 Å². The maximum atomic E-state index is 12.6. The number of ether oxygens (including phenoxy) is 4. The van der Waals surface area contributed by atoms with Crippen LogP contribution in [-0.4, -0.2) is 33.7 Å². The minimum absolute atomic E-state index is 0.154. The van der Waals surface area contributed by atoms with Gasteiger partial charge in [0.2, 0.25) is 0 Å². The number of rotatable bonds is 10. The molecule has 2 aromatic carbocycles. The molecule has 5 heteroatoms. The Morgan fingerprint density at radius 1 is 0.926 bits per heavy atom. The highest BCUT2D eigenvalue weighted by atomic mass is 16.5. The third kappa shape index (κ3) is 5.51.